The lowest BCUT2D eigenvalue weighted by atomic mass is 10.1. The first-order valence-electron chi connectivity index (χ1n) is 6.86. The van der Waals surface area contributed by atoms with E-state index in [9.17, 15) is 0 Å². The third-order valence-electron chi connectivity index (χ3n) is 3.55. The Balaban J connectivity index is 1.64. The second-order valence-corrected chi connectivity index (χ2v) is 5.92. The first-order valence-corrected chi connectivity index (χ1v) is 7.65. The van der Waals surface area contributed by atoms with Crippen molar-refractivity contribution in [2.24, 2.45) is 0 Å². The zero-order chi connectivity index (χ0) is 12.8. The van der Waals surface area contributed by atoms with Crippen LogP contribution in [0.3, 0.4) is 0 Å². The fourth-order valence-corrected chi connectivity index (χ4v) is 2.65. The first kappa shape index (κ1) is 14.0. The van der Waals surface area contributed by atoms with Gasteiger partial charge in [-0.1, -0.05) is 28.1 Å². The summed E-state index contributed by atoms with van der Waals surface area (Å²) in [6.45, 7) is 4.25. The molecule has 0 bridgehead atoms. The monoisotopic (exact) mass is 311 g/mol. The zero-order valence-electron chi connectivity index (χ0n) is 11.0. The Bertz CT molecular complexity index is 346. The van der Waals surface area contributed by atoms with E-state index in [0.29, 0.717) is 12.1 Å². The maximum Gasteiger partial charge on any atom is 0.0576 e. The van der Waals surface area contributed by atoms with Crippen LogP contribution in [0.5, 0.6) is 0 Å². The van der Waals surface area contributed by atoms with Crippen LogP contribution in [0.1, 0.15) is 44.2 Å². The van der Waals surface area contributed by atoms with Crippen LogP contribution in [-0.2, 0) is 4.74 Å². The van der Waals surface area contributed by atoms with Crippen molar-refractivity contribution in [3.63, 3.8) is 0 Å². The van der Waals surface area contributed by atoms with E-state index in [1.807, 2.05) is 0 Å². The van der Waals surface area contributed by atoms with Crippen molar-refractivity contribution in [3.05, 3.63) is 34.3 Å². The molecule has 3 heteroatoms. The summed E-state index contributed by atoms with van der Waals surface area (Å²) in [5.74, 6) is 0. The Kier molecular flexibility index (Phi) is 5.67. The van der Waals surface area contributed by atoms with Crippen molar-refractivity contribution < 1.29 is 4.74 Å². The van der Waals surface area contributed by atoms with E-state index in [-0.39, 0.29) is 0 Å². The third-order valence-corrected chi connectivity index (χ3v) is 4.08. The highest BCUT2D eigenvalue weighted by Crippen LogP contribution is 2.18. The second-order valence-electron chi connectivity index (χ2n) is 5.00. The first-order chi connectivity index (χ1) is 8.75. The molecule has 1 aliphatic rings. The minimum atomic E-state index is 0.419. The van der Waals surface area contributed by atoms with Crippen LogP contribution in [0.25, 0.3) is 0 Å². The Morgan fingerprint density at radius 2 is 2.17 bits per heavy atom. The van der Waals surface area contributed by atoms with Gasteiger partial charge >= 0.3 is 0 Å². The number of nitrogens with one attached hydrogen (secondary N) is 1. The molecule has 1 fully saturated rings. The lowest BCUT2D eigenvalue weighted by Gasteiger charge is -2.15. The van der Waals surface area contributed by atoms with Crippen molar-refractivity contribution >= 4 is 15.9 Å². The summed E-state index contributed by atoms with van der Waals surface area (Å²) in [5, 5.41) is 3.57. The molecule has 0 aromatic heterocycles. The van der Waals surface area contributed by atoms with E-state index in [1.54, 1.807) is 0 Å². The van der Waals surface area contributed by atoms with Crippen molar-refractivity contribution in [3.8, 4) is 0 Å². The number of halogens is 1. The lowest BCUT2D eigenvalue weighted by Crippen LogP contribution is -2.21. The zero-order valence-corrected chi connectivity index (χ0v) is 12.6. The fraction of sp³-hybridized carbons (Fsp3) is 0.600. The van der Waals surface area contributed by atoms with Gasteiger partial charge in [0.25, 0.3) is 0 Å². The average Bonchev–Trinajstić information content (AvgIpc) is 2.88. The van der Waals surface area contributed by atoms with Gasteiger partial charge in [0.15, 0.2) is 0 Å². The molecule has 2 nitrogen and oxygen atoms in total. The van der Waals surface area contributed by atoms with Crippen LogP contribution in [0.4, 0.5) is 0 Å². The van der Waals surface area contributed by atoms with Gasteiger partial charge in [-0.15, -0.1) is 0 Å². The van der Waals surface area contributed by atoms with Gasteiger partial charge < -0.3 is 10.1 Å². The number of ether oxygens (including phenoxy) is 1. The molecule has 0 amide bonds. The van der Waals surface area contributed by atoms with Gasteiger partial charge in [0, 0.05) is 17.1 Å². The lowest BCUT2D eigenvalue weighted by molar-refractivity contribution is 0.102. The Hall–Kier alpha value is -0.380. The molecule has 1 saturated heterocycles. The summed E-state index contributed by atoms with van der Waals surface area (Å²) in [4.78, 5) is 0. The molecule has 1 aromatic rings. The molecule has 1 unspecified atom stereocenters. The SMILES string of the molecule is C[C@H](NCCCC1CCCO1)c1ccc(Br)cc1. The van der Waals surface area contributed by atoms with Crippen LogP contribution >= 0.6 is 15.9 Å². The van der Waals surface area contributed by atoms with Gasteiger partial charge in [0.1, 0.15) is 0 Å². The number of hydrogen-bond acceptors (Lipinski definition) is 2. The summed E-state index contributed by atoms with van der Waals surface area (Å²) >= 11 is 3.46. The third kappa shape index (κ3) is 4.38. The second kappa shape index (κ2) is 7.27. The smallest absolute Gasteiger partial charge is 0.0576 e. The van der Waals surface area contributed by atoms with E-state index < -0.39 is 0 Å². The van der Waals surface area contributed by atoms with Crippen LogP contribution in [0, 0.1) is 0 Å². The maximum atomic E-state index is 5.62. The van der Waals surface area contributed by atoms with Gasteiger partial charge in [0.05, 0.1) is 6.10 Å². The Labute approximate surface area is 118 Å². The van der Waals surface area contributed by atoms with E-state index in [0.717, 1.165) is 17.6 Å². The summed E-state index contributed by atoms with van der Waals surface area (Å²) in [7, 11) is 0. The molecule has 100 valence electrons. The van der Waals surface area contributed by atoms with Crippen LogP contribution in [0.2, 0.25) is 0 Å². The molecular weight excluding hydrogens is 290 g/mol. The quantitative estimate of drug-likeness (QED) is 0.800. The van der Waals surface area contributed by atoms with Gasteiger partial charge in [-0.3, -0.25) is 0 Å². The Morgan fingerprint density at radius 3 is 2.83 bits per heavy atom. The standard InChI is InChI=1S/C15H22BrNO/c1-12(13-6-8-14(16)9-7-13)17-10-2-4-15-5-3-11-18-15/h6-9,12,15,17H,2-5,10-11H2,1H3/t12-,15?/m0/s1. The van der Waals surface area contributed by atoms with Crippen LogP contribution in [-0.4, -0.2) is 19.3 Å². The van der Waals surface area contributed by atoms with Gasteiger partial charge in [-0.2, -0.15) is 0 Å². The van der Waals surface area contributed by atoms with Gasteiger partial charge in [-0.25, -0.2) is 0 Å². The molecule has 2 atom stereocenters. The minimum absolute atomic E-state index is 0.419. The molecule has 1 N–H and O–H groups in total. The number of benzene rings is 1. The highest BCUT2D eigenvalue weighted by atomic mass is 79.9. The van der Waals surface area contributed by atoms with E-state index in [1.165, 1.54) is 31.2 Å². The number of hydrogen-bond donors (Lipinski definition) is 1. The number of rotatable bonds is 6. The van der Waals surface area contributed by atoms with Crippen molar-refractivity contribution in [1.29, 1.82) is 0 Å². The molecule has 0 saturated carbocycles. The highest BCUT2D eigenvalue weighted by Gasteiger charge is 2.14. The molecule has 1 aliphatic heterocycles. The van der Waals surface area contributed by atoms with Gasteiger partial charge in [-0.05, 0) is 56.8 Å². The largest absolute Gasteiger partial charge is 0.378 e. The normalized spacial score (nSPS) is 21.1. The summed E-state index contributed by atoms with van der Waals surface area (Å²) < 4.78 is 6.76. The molecular formula is C15H22BrNO. The Morgan fingerprint density at radius 1 is 1.39 bits per heavy atom. The summed E-state index contributed by atoms with van der Waals surface area (Å²) in [6.07, 6.45) is 5.41. The molecule has 18 heavy (non-hydrogen) atoms. The highest BCUT2D eigenvalue weighted by molar-refractivity contribution is 9.10. The van der Waals surface area contributed by atoms with Crippen molar-refractivity contribution in [2.75, 3.05) is 13.2 Å². The summed E-state index contributed by atoms with van der Waals surface area (Å²) in [5.41, 5.74) is 1.34. The summed E-state index contributed by atoms with van der Waals surface area (Å²) in [6, 6.07) is 8.95. The fourth-order valence-electron chi connectivity index (χ4n) is 2.39. The predicted molar refractivity (Wildman–Crippen MR) is 78.8 cm³/mol. The molecule has 1 aromatic carbocycles. The van der Waals surface area contributed by atoms with Crippen molar-refractivity contribution in [1.82, 2.24) is 5.32 Å². The van der Waals surface area contributed by atoms with E-state index in [2.05, 4.69) is 52.4 Å². The average molecular weight is 312 g/mol. The van der Waals surface area contributed by atoms with Crippen molar-refractivity contribution in [2.45, 2.75) is 44.8 Å². The van der Waals surface area contributed by atoms with Gasteiger partial charge in [0.2, 0.25) is 0 Å². The minimum Gasteiger partial charge on any atom is -0.378 e. The van der Waals surface area contributed by atoms with E-state index >= 15 is 0 Å². The van der Waals surface area contributed by atoms with E-state index in [4.69, 9.17) is 4.74 Å². The molecule has 2 rings (SSSR count). The predicted octanol–water partition coefficient (Wildman–Crippen LogP) is 4.06. The molecule has 1 heterocycles. The molecule has 0 aliphatic carbocycles. The topological polar surface area (TPSA) is 21.3 Å². The maximum absolute atomic E-state index is 5.62. The van der Waals surface area contributed by atoms with Crippen LogP contribution < -0.4 is 5.32 Å². The van der Waals surface area contributed by atoms with Crippen LogP contribution in [0.15, 0.2) is 28.7 Å². The molecule has 0 radical (unpaired) electrons. The molecule has 0 spiro atoms.